The molecule has 110 valence electrons. The standard InChI is InChI=1S/C16H26N4/c17-12-14-4-3-5-15(18-14)13-19-8-10-20(11-9-19)16-6-1-2-7-16/h3-5,16H,1-2,6-13,17H2. The van der Waals surface area contributed by atoms with Crippen molar-refractivity contribution in [3.8, 4) is 0 Å². The van der Waals surface area contributed by atoms with Crippen molar-refractivity contribution in [1.29, 1.82) is 0 Å². The third-order valence-corrected chi connectivity index (χ3v) is 4.71. The molecular weight excluding hydrogens is 248 g/mol. The molecular formula is C16H26N4. The molecule has 2 heterocycles. The second kappa shape index (κ2) is 6.66. The Kier molecular flexibility index (Phi) is 4.65. The van der Waals surface area contributed by atoms with Gasteiger partial charge in [0.25, 0.3) is 0 Å². The molecule has 0 aromatic carbocycles. The minimum Gasteiger partial charge on any atom is -0.325 e. The van der Waals surface area contributed by atoms with Gasteiger partial charge in [-0.15, -0.1) is 0 Å². The normalized spacial score (nSPS) is 22.4. The lowest BCUT2D eigenvalue weighted by Crippen LogP contribution is -2.49. The van der Waals surface area contributed by atoms with Gasteiger partial charge in [-0.1, -0.05) is 18.9 Å². The molecule has 2 N–H and O–H groups in total. The second-order valence-corrected chi connectivity index (χ2v) is 6.07. The molecule has 0 bridgehead atoms. The highest BCUT2D eigenvalue weighted by molar-refractivity contribution is 5.11. The van der Waals surface area contributed by atoms with E-state index in [9.17, 15) is 0 Å². The summed E-state index contributed by atoms with van der Waals surface area (Å²) in [6.07, 6.45) is 5.70. The lowest BCUT2D eigenvalue weighted by molar-refractivity contribution is 0.0929. The third-order valence-electron chi connectivity index (χ3n) is 4.71. The van der Waals surface area contributed by atoms with E-state index in [4.69, 9.17) is 5.73 Å². The number of piperazine rings is 1. The van der Waals surface area contributed by atoms with Crippen LogP contribution < -0.4 is 5.73 Å². The summed E-state index contributed by atoms with van der Waals surface area (Å²) in [5.74, 6) is 0. The number of nitrogens with two attached hydrogens (primary N) is 1. The summed E-state index contributed by atoms with van der Waals surface area (Å²) in [5, 5.41) is 0. The van der Waals surface area contributed by atoms with Gasteiger partial charge in [0.05, 0.1) is 11.4 Å². The topological polar surface area (TPSA) is 45.4 Å². The van der Waals surface area contributed by atoms with Gasteiger partial charge in [0.1, 0.15) is 0 Å². The number of nitrogens with zero attached hydrogens (tertiary/aromatic N) is 3. The summed E-state index contributed by atoms with van der Waals surface area (Å²) >= 11 is 0. The fraction of sp³-hybridized carbons (Fsp3) is 0.688. The molecule has 4 nitrogen and oxygen atoms in total. The van der Waals surface area contributed by atoms with Crippen molar-refractivity contribution in [3.63, 3.8) is 0 Å². The molecule has 0 atom stereocenters. The number of rotatable bonds is 4. The van der Waals surface area contributed by atoms with E-state index in [1.165, 1.54) is 51.9 Å². The monoisotopic (exact) mass is 274 g/mol. The van der Waals surface area contributed by atoms with Crippen molar-refractivity contribution in [2.24, 2.45) is 5.73 Å². The van der Waals surface area contributed by atoms with E-state index in [1.807, 2.05) is 6.07 Å². The van der Waals surface area contributed by atoms with E-state index >= 15 is 0 Å². The van der Waals surface area contributed by atoms with Crippen molar-refractivity contribution < 1.29 is 0 Å². The Morgan fingerprint density at radius 1 is 1.05 bits per heavy atom. The molecule has 1 aromatic heterocycles. The summed E-state index contributed by atoms with van der Waals surface area (Å²) in [5.41, 5.74) is 7.80. The Labute approximate surface area is 122 Å². The molecule has 20 heavy (non-hydrogen) atoms. The zero-order valence-electron chi connectivity index (χ0n) is 12.3. The molecule has 1 saturated carbocycles. The third kappa shape index (κ3) is 3.37. The van der Waals surface area contributed by atoms with E-state index in [0.717, 1.165) is 24.0 Å². The van der Waals surface area contributed by atoms with Crippen LogP contribution in [0.25, 0.3) is 0 Å². The highest BCUT2D eigenvalue weighted by Crippen LogP contribution is 2.24. The summed E-state index contributed by atoms with van der Waals surface area (Å²) in [6, 6.07) is 7.06. The van der Waals surface area contributed by atoms with Gasteiger partial charge < -0.3 is 5.73 Å². The molecule has 0 spiro atoms. The average Bonchev–Trinajstić information content (AvgIpc) is 3.02. The second-order valence-electron chi connectivity index (χ2n) is 6.07. The molecule has 0 unspecified atom stereocenters. The number of aromatic nitrogens is 1. The van der Waals surface area contributed by atoms with E-state index in [2.05, 4.69) is 26.9 Å². The van der Waals surface area contributed by atoms with Crippen LogP contribution in [0.4, 0.5) is 0 Å². The van der Waals surface area contributed by atoms with Gasteiger partial charge in [-0.2, -0.15) is 0 Å². The van der Waals surface area contributed by atoms with E-state index in [0.29, 0.717) is 6.54 Å². The maximum Gasteiger partial charge on any atom is 0.0547 e. The van der Waals surface area contributed by atoms with Crippen LogP contribution in [-0.2, 0) is 13.1 Å². The maximum atomic E-state index is 5.66. The van der Waals surface area contributed by atoms with Crippen LogP contribution in [0.5, 0.6) is 0 Å². The van der Waals surface area contributed by atoms with E-state index < -0.39 is 0 Å². The summed E-state index contributed by atoms with van der Waals surface area (Å²) in [4.78, 5) is 9.83. The van der Waals surface area contributed by atoms with Crippen LogP contribution in [-0.4, -0.2) is 47.0 Å². The Hall–Kier alpha value is -0.970. The van der Waals surface area contributed by atoms with Gasteiger partial charge in [0, 0.05) is 45.3 Å². The molecule has 1 aromatic rings. The van der Waals surface area contributed by atoms with Crippen LogP contribution in [0.1, 0.15) is 37.1 Å². The van der Waals surface area contributed by atoms with Crippen LogP contribution in [0.2, 0.25) is 0 Å². The molecule has 0 radical (unpaired) electrons. The quantitative estimate of drug-likeness (QED) is 0.906. The van der Waals surface area contributed by atoms with Crippen molar-refractivity contribution in [1.82, 2.24) is 14.8 Å². The number of hydrogen-bond acceptors (Lipinski definition) is 4. The first-order chi connectivity index (χ1) is 9.85. The maximum absolute atomic E-state index is 5.66. The first-order valence-electron chi connectivity index (χ1n) is 7.96. The largest absolute Gasteiger partial charge is 0.325 e. The van der Waals surface area contributed by atoms with E-state index in [-0.39, 0.29) is 0 Å². The summed E-state index contributed by atoms with van der Waals surface area (Å²) in [7, 11) is 0. The lowest BCUT2D eigenvalue weighted by atomic mass is 10.1. The van der Waals surface area contributed by atoms with Gasteiger partial charge in [-0.05, 0) is 25.0 Å². The van der Waals surface area contributed by atoms with Crippen molar-refractivity contribution in [3.05, 3.63) is 29.6 Å². The van der Waals surface area contributed by atoms with Gasteiger partial charge in [-0.3, -0.25) is 14.8 Å². The Balaban J connectivity index is 1.50. The van der Waals surface area contributed by atoms with E-state index in [1.54, 1.807) is 0 Å². The first-order valence-corrected chi connectivity index (χ1v) is 7.96. The highest BCUT2D eigenvalue weighted by Gasteiger charge is 2.26. The number of pyridine rings is 1. The molecule has 1 saturated heterocycles. The van der Waals surface area contributed by atoms with Gasteiger partial charge in [0.2, 0.25) is 0 Å². The molecule has 0 amide bonds. The Morgan fingerprint density at radius 2 is 1.75 bits per heavy atom. The predicted octanol–water partition coefficient (Wildman–Crippen LogP) is 1.60. The number of hydrogen-bond donors (Lipinski definition) is 1. The zero-order chi connectivity index (χ0) is 13.8. The molecule has 2 fully saturated rings. The van der Waals surface area contributed by atoms with Crippen molar-refractivity contribution in [2.45, 2.75) is 44.8 Å². The Bertz CT molecular complexity index is 420. The highest BCUT2D eigenvalue weighted by atomic mass is 15.3. The van der Waals surface area contributed by atoms with Crippen LogP contribution in [0, 0.1) is 0 Å². The van der Waals surface area contributed by atoms with Gasteiger partial charge >= 0.3 is 0 Å². The van der Waals surface area contributed by atoms with Crippen LogP contribution >= 0.6 is 0 Å². The van der Waals surface area contributed by atoms with Crippen molar-refractivity contribution >= 4 is 0 Å². The van der Waals surface area contributed by atoms with Gasteiger partial charge in [0.15, 0.2) is 0 Å². The molecule has 4 heteroatoms. The minimum atomic E-state index is 0.531. The summed E-state index contributed by atoms with van der Waals surface area (Å²) in [6.45, 7) is 6.29. The lowest BCUT2D eigenvalue weighted by Gasteiger charge is -2.37. The van der Waals surface area contributed by atoms with Gasteiger partial charge in [-0.25, -0.2) is 0 Å². The Morgan fingerprint density at radius 3 is 2.45 bits per heavy atom. The molecule has 3 rings (SSSR count). The fourth-order valence-corrected chi connectivity index (χ4v) is 3.52. The van der Waals surface area contributed by atoms with Crippen molar-refractivity contribution in [2.75, 3.05) is 26.2 Å². The minimum absolute atomic E-state index is 0.531. The first kappa shape index (κ1) is 14.0. The molecule has 1 aliphatic heterocycles. The van der Waals surface area contributed by atoms with Crippen LogP contribution in [0.15, 0.2) is 18.2 Å². The SMILES string of the molecule is NCc1cccc(CN2CCN(C3CCCC3)CC2)n1. The smallest absolute Gasteiger partial charge is 0.0547 e. The zero-order valence-corrected chi connectivity index (χ0v) is 12.3. The molecule has 2 aliphatic rings. The average molecular weight is 274 g/mol. The predicted molar refractivity (Wildman–Crippen MR) is 81.2 cm³/mol. The summed E-state index contributed by atoms with van der Waals surface area (Å²) < 4.78 is 0. The fourth-order valence-electron chi connectivity index (χ4n) is 3.52. The van der Waals surface area contributed by atoms with Crippen LogP contribution in [0.3, 0.4) is 0 Å². The molecule has 1 aliphatic carbocycles.